The molecular weight excluding hydrogens is 124 g/mol. The molecule has 0 radical (unpaired) electrons. The molecule has 0 atom stereocenters. The lowest BCUT2D eigenvalue weighted by Gasteiger charge is -1.87. The fraction of sp³-hybridized carbons (Fsp3) is 0.667. The van der Waals surface area contributed by atoms with Gasteiger partial charge in [-0.1, -0.05) is 26.7 Å². The van der Waals surface area contributed by atoms with Crippen LogP contribution in [0.4, 0.5) is 0 Å². The van der Waals surface area contributed by atoms with Crippen LogP contribution in [0.25, 0.3) is 0 Å². The summed E-state index contributed by atoms with van der Waals surface area (Å²) < 4.78 is 0. The molecule has 0 aromatic heterocycles. The monoisotopic (exact) mass is 138 g/mol. The molecule has 1 nitrogen and oxygen atoms in total. The van der Waals surface area contributed by atoms with E-state index in [1.165, 1.54) is 0 Å². The third kappa shape index (κ3) is 5.37. The van der Waals surface area contributed by atoms with Gasteiger partial charge in [-0.2, -0.15) is 0 Å². The molecule has 0 bridgehead atoms. The standard InChI is InChI=1S/C9H14O/c1-4-5-9(10)7-6-8(2)3/h8H,4-5H2,1-3H3. The molecule has 0 aromatic carbocycles. The van der Waals surface area contributed by atoms with Gasteiger partial charge in [-0.15, -0.1) is 0 Å². The van der Waals surface area contributed by atoms with Crippen LogP contribution in [0.5, 0.6) is 0 Å². The second-order valence-corrected chi connectivity index (χ2v) is 2.60. The van der Waals surface area contributed by atoms with Gasteiger partial charge in [0.2, 0.25) is 5.78 Å². The Morgan fingerprint density at radius 3 is 2.50 bits per heavy atom. The summed E-state index contributed by atoms with van der Waals surface area (Å²) >= 11 is 0. The average Bonchev–Trinajstić information content (AvgIpc) is 1.85. The molecule has 0 spiro atoms. The van der Waals surface area contributed by atoms with Gasteiger partial charge in [-0.05, 0) is 12.3 Å². The van der Waals surface area contributed by atoms with Crippen molar-refractivity contribution >= 4 is 5.78 Å². The smallest absolute Gasteiger partial charge is 0.205 e. The Kier molecular flexibility index (Phi) is 4.66. The van der Waals surface area contributed by atoms with E-state index in [1.807, 2.05) is 20.8 Å². The largest absolute Gasteiger partial charge is 0.285 e. The Bertz CT molecular complexity index is 157. The number of carbonyl (C=O) groups is 1. The maximum atomic E-state index is 10.8. The van der Waals surface area contributed by atoms with E-state index in [9.17, 15) is 4.79 Å². The maximum absolute atomic E-state index is 10.8. The molecule has 0 N–H and O–H groups in total. The first-order valence-corrected chi connectivity index (χ1v) is 3.71. The van der Waals surface area contributed by atoms with Gasteiger partial charge >= 0.3 is 0 Å². The topological polar surface area (TPSA) is 17.1 Å². The molecule has 0 heterocycles. The van der Waals surface area contributed by atoms with Gasteiger partial charge in [0.05, 0.1) is 0 Å². The van der Waals surface area contributed by atoms with Crippen LogP contribution < -0.4 is 0 Å². The van der Waals surface area contributed by atoms with Gasteiger partial charge in [0.25, 0.3) is 0 Å². The molecule has 1 heteroatoms. The zero-order chi connectivity index (χ0) is 7.98. The first kappa shape index (κ1) is 9.23. The third-order valence-corrected chi connectivity index (χ3v) is 0.977. The van der Waals surface area contributed by atoms with E-state index in [1.54, 1.807) is 0 Å². The molecule has 0 fully saturated rings. The normalized spacial score (nSPS) is 8.80. The van der Waals surface area contributed by atoms with Gasteiger partial charge in [-0.25, -0.2) is 0 Å². The van der Waals surface area contributed by atoms with Crippen molar-refractivity contribution in [1.29, 1.82) is 0 Å². The zero-order valence-electron chi connectivity index (χ0n) is 6.90. The molecule has 0 aromatic rings. The highest BCUT2D eigenvalue weighted by Crippen LogP contribution is 1.89. The molecule has 0 amide bonds. The van der Waals surface area contributed by atoms with Crippen molar-refractivity contribution in [1.82, 2.24) is 0 Å². The Morgan fingerprint density at radius 1 is 1.50 bits per heavy atom. The Balaban J connectivity index is 3.69. The molecule has 56 valence electrons. The Morgan fingerprint density at radius 2 is 2.10 bits per heavy atom. The quantitative estimate of drug-likeness (QED) is 0.421. The number of Topliss-reactive ketones (excluding diaryl/α,β-unsaturated/α-hetero) is 1. The zero-order valence-corrected chi connectivity index (χ0v) is 6.90. The van der Waals surface area contributed by atoms with Gasteiger partial charge in [0, 0.05) is 12.3 Å². The van der Waals surface area contributed by atoms with Crippen molar-refractivity contribution < 1.29 is 4.79 Å². The molecule has 0 saturated carbocycles. The molecule has 0 saturated heterocycles. The lowest BCUT2D eigenvalue weighted by Crippen LogP contribution is -1.92. The second-order valence-electron chi connectivity index (χ2n) is 2.60. The van der Waals surface area contributed by atoms with E-state index in [2.05, 4.69) is 11.8 Å². The summed E-state index contributed by atoms with van der Waals surface area (Å²) in [5.41, 5.74) is 0. The van der Waals surface area contributed by atoms with E-state index < -0.39 is 0 Å². The van der Waals surface area contributed by atoms with E-state index in [0.29, 0.717) is 12.3 Å². The number of rotatable bonds is 2. The Hall–Kier alpha value is -0.770. The van der Waals surface area contributed by atoms with Gasteiger partial charge in [0.1, 0.15) is 0 Å². The fourth-order valence-electron chi connectivity index (χ4n) is 0.514. The van der Waals surface area contributed by atoms with Crippen LogP contribution in [0.15, 0.2) is 0 Å². The number of hydrogen-bond acceptors (Lipinski definition) is 1. The predicted molar refractivity (Wildman–Crippen MR) is 42.5 cm³/mol. The summed E-state index contributed by atoms with van der Waals surface area (Å²) in [6.07, 6.45) is 1.49. The molecule has 0 unspecified atom stereocenters. The second kappa shape index (κ2) is 5.05. The van der Waals surface area contributed by atoms with Crippen molar-refractivity contribution in [2.75, 3.05) is 0 Å². The molecule has 0 aliphatic rings. The highest BCUT2D eigenvalue weighted by molar-refractivity contribution is 5.95. The summed E-state index contributed by atoms with van der Waals surface area (Å²) in [7, 11) is 0. The molecule has 0 aliphatic carbocycles. The summed E-state index contributed by atoms with van der Waals surface area (Å²) in [4.78, 5) is 10.8. The average molecular weight is 138 g/mol. The lowest BCUT2D eigenvalue weighted by molar-refractivity contribution is -0.113. The third-order valence-electron chi connectivity index (χ3n) is 0.977. The van der Waals surface area contributed by atoms with E-state index in [4.69, 9.17) is 0 Å². The van der Waals surface area contributed by atoms with Crippen LogP contribution in [-0.2, 0) is 4.79 Å². The van der Waals surface area contributed by atoms with Gasteiger partial charge in [-0.3, -0.25) is 4.79 Å². The van der Waals surface area contributed by atoms with Gasteiger partial charge in [0.15, 0.2) is 0 Å². The van der Waals surface area contributed by atoms with Crippen LogP contribution in [-0.4, -0.2) is 5.78 Å². The van der Waals surface area contributed by atoms with Crippen molar-refractivity contribution in [3.8, 4) is 11.8 Å². The van der Waals surface area contributed by atoms with Gasteiger partial charge < -0.3 is 0 Å². The first-order chi connectivity index (χ1) is 4.66. The first-order valence-electron chi connectivity index (χ1n) is 3.71. The highest BCUT2D eigenvalue weighted by Gasteiger charge is 1.91. The van der Waals surface area contributed by atoms with Crippen LogP contribution in [0.2, 0.25) is 0 Å². The maximum Gasteiger partial charge on any atom is 0.205 e. The lowest BCUT2D eigenvalue weighted by atomic mass is 10.2. The fourth-order valence-corrected chi connectivity index (χ4v) is 0.514. The summed E-state index contributed by atoms with van der Waals surface area (Å²) in [5, 5.41) is 0. The van der Waals surface area contributed by atoms with E-state index in [-0.39, 0.29) is 5.78 Å². The highest BCUT2D eigenvalue weighted by atomic mass is 16.1. The van der Waals surface area contributed by atoms with Crippen LogP contribution >= 0.6 is 0 Å². The Labute approximate surface area is 62.8 Å². The summed E-state index contributed by atoms with van der Waals surface area (Å²) in [5.74, 6) is 5.80. The van der Waals surface area contributed by atoms with Crippen molar-refractivity contribution in [3.05, 3.63) is 0 Å². The minimum atomic E-state index is 0.0659. The number of hydrogen-bond donors (Lipinski definition) is 0. The molecule has 10 heavy (non-hydrogen) atoms. The van der Waals surface area contributed by atoms with Crippen molar-refractivity contribution in [2.45, 2.75) is 33.6 Å². The van der Waals surface area contributed by atoms with E-state index in [0.717, 1.165) is 6.42 Å². The summed E-state index contributed by atoms with van der Waals surface area (Å²) in [6, 6.07) is 0. The minimum Gasteiger partial charge on any atom is -0.285 e. The van der Waals surface area contributed by atoms with Crippen LogP contribution in [0, 0.1) is 17.8 Å². The molecule has 0 aliphatic heterocycles. The van der Waals surface area contributed by atoms with Crippen LogP contribution in [0.1, 0.15) is 33.6 Å². The number of ketones is 1. The van der Waals surface area contributed by atoms with E-state index >= 15 is 0 Å². The van der Waals surface area contributed by atoms with Crippen molar-refractivity contribution in [3.63, 3.8) is 0 Å². The van der Waals surface area contributed by atoms with Crippen molar-refractivity contribution in [2.24, 2.45) is 5.92 Å². The number of carbonyl (C=O) groups excluding carboxylic acids is 1. The predicted octanol–water partition coefficient (Wildman–Crippen LogP) is 2.02. The SMILES string of the molecule is CCCC(=O)C#CC(C)C. The summed E-state index contributed by atoms with van der Waals surface area (Å²) in [6.45, 7) is 5.94. The van der Waals surface area contributed by atoms with Crippen LogP contribution in [0.3, 0.4) is 0 Å². The minimum absolute atomic E-state index is 0.0659. The molecular formula is C9H14O. The molecule has 0 rings (SSSR count).